The number of benzene rings is 1. The number of carbonyl (C=O) groups excluding carboxylic acids is 1. The second-order valence-corrected chi connectivity index (χ2v) is 4.12. The van der Waals surface area contributed by atoms with E-state index in [0.717, 1.165) is 0 Å². The molecule has 1 fully saturated rings. The summed E-state index contributed by atoms with van der Waals surface area (Å²) in [5.74, 6) is 1.34. The highest BCUT2D eigenvalue weighted by atomic mass is 16.5. The summed E-state index contributed by atoms with van der Waals surface area (Å²) in [4.78, 5) is 10.1. The van der Waals surface area contributed by atoms with Gasteiger partial charge in [0, 0.05) is 0 Å². The van der Waals surface area contributed by atoms with Gasteiger partial charge in [0.2, 0.25) is 0 Å². The predicted molar refractivity (Wildman–Crippen MR) is 59.0 cm³/mol. The fourth-order valence-corrected chi connectivity index (χ4v) is 2.31. The average molecular weight is 204 g/mol. The summed E-state index contributed by atoms with van der Waals surface area (Å²) in [6, 6.07) is 7.90. The van der Waals surface area contributed by atoms with Gasteiger partial charge in [0.05, 0.1) is 0 Å². The topological polar surface area (TPSA) is 26.3 Å². The molecule has 0 aliphatic heterocycles. The summed E-state index contributed by atoms with van der Waals surface area (Å²) in [5.41, 5.74) is 1.38. The van der Waals surface area contributed by atoms with E-state index in [1.165, 1.54) is 37.7 Å². The third-order valence-electron chi connectivity index (χ3n) is 3.14. The molecule has 0 N–H and O–H groups in total. The molecule has 1 aromatic carbocycles. The monoisotopic (exact) mass is 204 g/mol. The lowest BCUT2D eigenvalue weighted by Crippen LogP contribution is -2.04. The van der Waals surface area contributed by atoms with Crippen molar-refractivity contribution in [1.29, 1.82) is 0 Å². The smallest absolute Gasteiger partial charge is 0.298 e. The van der Waals surface area contributed by atoms with Gasteiger partial charge in [-0.05, 0) is 36.5 Å². The minimum atomic E-state index is 0.468. The van der Waals surface area contributed by atoms with Gasteiger partial charge in [-0.15, -0.1) is 0 Å². The summed E-state index contributed by atoms with van der Waals surface area (Å²) in [6.45, 7) is 0.468. The van der Waals surface area contributed by atoms with Gasteiger partial charge in [-0.1, -0.05) is 31.4 Å². The molecule has 1 aliphatic rings. The van der Waals surface area contributed by atoms with E-state index in [-0.39, 0.29) is 0 Å². The van der Waals surface area contributed by atoms with Crippen LogP contribution in [0.25, 0.3) is 0 Å². The van der Waals surface area contributed by atoms with Gasteiger partial charge in [-0.2, -0.15) is 0 Å². The Morgan fingerprint density at radius 1 is 1.07 bits per heavy atom. The largest absolute Gasteiger partial charge is 0.429 e. The number of rotatable bonds is 3. The van der Waals surface area contributed by atoms with Crippen LogP contribution in [-0.2, 0) is 4.79 Å². The molecular formula is C13H16O2. The molecule has 1 aliphatic carbocycles. The normalized spacial score (nSPS) is 17.3. The highest BCUT2D eigenvalue weighted by Crippen LogP contribution is 2.33. The minimum absolute atomic E-state index is 0.468. The van der Waals surface area contributed by atoms with Crippen LogP contribution in [0.1, 0.15) is 43.6 Å². The maximum absolute atomic E-state index is 10.1. The molecule has 0 spiro atoms. The lowest BCUT2D eigenvalue weighted by atomic mass is 9.84. The van der Waals surface area contributed by atoms with Crippen molar-refractivity contribution in [3.63, 3.8) is 0 Å². The first-order valence-electron chi connectivity index (χ1n) is 5.60. The number of ether oxygens (including phenoxy) is 1. The molecule has 0 radical (unpaired) electrons. The highest BCUT2D eigenvalue weighted by molar-refractivity contribution is 5.45. The molecule has 0 atom stereocenters. The van der Waals surface area contributed by atoms with Crippen molar-refractivity contribution in [3.8, 4) is 5.75 Å². The molecule has 0 bridgehead atoms. The van der Waals surface area contributed by atoms with Crippen LogP contribution in [0.15, 0.2) is 24.3 Å². The van der Waals surface area contributed by atoms with Crippen molar-refractivity contribution < 1.29 is 9.53 Å². The molecular weight excluding hydrogens is 188 g/mol. The Hall–Kier alpha value is -1.31. The first-order chi connectivity index (χ1) is 7.40. The van der Waals surface area contributed by atoms with Gasteiger partial charge in [0.15, 0.2) is 0 Å². The van der Waals surface area contributed by atoms with E-state index in [1.54, 1.807) is 0 Å². The Kier molecular flexibility index (Phi) is 3.38. The standard InChI is InChI=1S/C13H16O2/c14-10-15-13-8-6-12(7-9-13)11-4-2-1-3-5-11/h6-11H,1-5H2. The molecule has 80 valence electrons. The molecule has 0 saturated heterocycles. The zero-order valence-corrected chi connectivity index (χ0v) is 8.82. The Morgan fingerprint density at radius 2 is 1.73 bits per heavy atom. The Morgan fingerprint density at radius 3 is 2.33 bits per heavy atom. The highest BCUT2D eigenvalue weighted by Gasteiger charge is 2.14. The predicted octanol–water partition coefficient (Wildman–Crippen LogP) is 3.27. The van der Waals surface area contributed by atoms with Gasteiger partial charge in [0.1, 0.15) is 5.75 Å². The molecule has 0 aromatic heterocycles. The Balaban J connectivity index is 2.04. The second-order valence-electron chi connectivity index (χ2n) is 4.12. The van der Waals surface area contributed by atoms with Crippen LogP contribution < -0.4 is 4.74 Å². The van der Waals surface area contributed by atoms with Crippen molar-refractivity contribution in [2.24, 2.45) is 0 Å². The summed E-state index contributed by atoms with van der Waals surface area (Å²) in [7, 11) is 0. The molecule has 1 aromatic rings. The molecule has 15 heavy (non-hydrogen) atoms. The van der Waals surface area contributed by atoms with E-state index in [9.17, 15) is 4.79 Å². The van der Waals surface area contributed by atoms with Gasteiger partial charge in [0.25, 0.3) is 6.47 Å². The van der Waals surface area contributed by atoms with Crippen molar-refractivity contribution in [2.45, 2.75) is 38.0 Å². The van der Waals surface area contributed by atoms with E-state index in [0.29, 0.717) is 18.1 Å². The van der Waals surface area contributed by atoms with Crippen molar-refractivity contribution in [1.82, 2.24) is 0 Å². The van der Waals surface area contributed by atoms with Gasteiger partial charge in [-0.25, -0.2) is 0 Å². The fourth-order valence-electron chi connectivity index (χ4n) is 2.31. The molecule has 2 nitrogen and oxygen atoms in total. The zero-order chi connectivity index (χ0) is 10.5. The van der Waals surface area contributed by atoms with E-state index in [2.05, 4.69) is 12.1 Å². The molecule has 2 heteroatoms. The minimum Gasteiger partial charge on any atom is -0.429 e. The van der Waals surface area contributed by atoms with Crippen LogP contribution in [0.5, 0.6) is 5.75 Å². The average Bonchev–Trinajstić information content (AvgIpc) is 2.32. The van der Waals surface area contributed by atoms with E-state index >= 15 is 0 Å². The van der Waals surface area contributed by atoms with Crippen molar-refractivity contribution >= 4 is 6.47 Å². The molecule has 0 heterocycles. The van der Waals surface area contributed by atoms with Gasteiger partial charge < -0.3 is 4.74 Å². The summed E-state index contributed by atoms with van der Waals surface area (Å²) >= 11 is 0. The SMILES string of the molecule is O=COc1ccc(C2CCCCC2)cc1. The van der Waals surface area contributed by atoms with Crippen molar-refractivity contribution in [3.05, 3.63) is 29.8 Å². The third kappa shape index (κ3) is 2.58. The first kappa shape index (κ1) is 10.2. The van der Waals surface area contributed by atoms with Gasteiger partial charge >= 0.3 is 0 Å². The lowest BCUT2D eigenvalue weighted by molar-refractivity contribution is -0.120. The lowest BCUT2D eigenvalue weighted by Gasteiger charge is -2.21. The van der Waals surface area contributed by atoms with E-state index in [4.69, 9.17) is 4.74 Å². The maximum atomic E-state index is 10.1. The quantitative estimate of drug-likeness (QED) is 0.706. The van der Waals surface area contributed by atoms with E-state index < -0.39 is 0 Å². The summed E-state index contributed by atoms with van der Waals surface area (Å²) < 4.78 is 4.77. The third-order valence-corrected chi connectivity index (χ3v) is 3.14. The fraction of sp³-hybridized carbons (Fsp3) is 0.462. The number of hydrogen-bond acceptors (Lipinski definition) is 2. The van der Waals surface area contributed by atoms with Crippen LogP contribution in [0.4, 0.5) is 0 Å². The Labute approximate surface area is 90.3 Å². The first-order valence-corrected chi connectivity index (χ1v) is 5.60. The van der Waals surface area contributed by atoms with Crippen LogP contribution in [-0.4, -0.2) is 6.47 Å². The number of carbonyl (C=O) groups is 1. The molecule has 0 amide bonds. The summed E-state index contributed by atoms with van der Waals surface area (Å²) in [5, 5.41) is 0. The zero-order valence-electron chi connectivity index (χ0n) is 8.82. The van der Waals surface area contributed by atoms with Crippen LogP contribution >= 0.6 is 0 Å². The van der Waals surface area contributed by atoms with Crippen LogP contribution in [0, 0.1) is 0 Å². The molecule has 1 saturated carbocycles. The molecule has 0 unspecified atom stereocenters. The maximum Gasteiger partial charge on any atom is 0.298 e. The van der Waals surface area contributed by atoms with E-state index in [1.807, 2.05) is 12.1 Å². The summed E-state index contributed by atoms with van der Waals surface area (Å²) in [6.07, 6.45) is 6.67. The second kappa shape index (κ2) is 4.96. The van der Waals surface area contributed by atoms with Gasteiger partial charge in [-0.3, -0.25) is 4.79 Å². The number of hydrogen-bond donors (Lipinski definition) is 0. The Bertz CT molecular complexity index is 310. The molecule has 2 rings (SSSR count). The van der Waals surface area contributed by atoms with Crippen molar-refractivity contribution in [2.75, 3.05) is 0 Å². The van der Waals surface area contributed by atoms with Crippen LogP contribution in [0.3, 0.4) is 0 Å². The van der Waals surface area contributed by atoms with Crippen LogP contribution in [0.2, 0.25) is 0 Å².